The van der Waals surface area contributed by atoms with E-state index >= 15 is 0 Å². The Morgan fingerprint density at radius 3 is 2.10 bits per heavy atom. The van der Waals surface area contributed by atoms with Gasteiger partial charge in [-0.25, -0.2) is 4.79 Å². The number of carbonyl (C=O) groups is 4. The van der Waals surface area contributed by atoms with Gasteiger partial charge in [0.1, 0.15) is 0 Å². The van der Waals surface area contributed by atoms with Crippen molar-refractivity contribution in [2.24, 2.45) is 0 Å². The molecule has 29 heavy (non-hydrogen) atoms. The lowest BCUT2D eigenvalue weighted by Gasteiger charge is -2.20. The molecule has 2 aromatic carbocycles. The molecule has 0 spiro atoms. The van der Waals surface area contributed by atoms with Crippen molar-refractivity contribution in [3.8, 4) is 0 Å². The third-order valence-corrected chi connectivity index (χ3v) is 4.06. The minimum atomic E-state index is -1.17. The molecule has 152 valence electrons. The third kappa shape index (κ3) is 6.76. The maximum atomic E-state index is 12.5. The molecule has 0 aliphatic rings. The number of rotatable bonds is 7. The lowest BCUT2D eigenvalue weighted by Crippen LogP contribution is -2.43. The van der Waals surface area contributed by atoms with E-state index in [1.165, 1.54) is 14.0 Å². The quantitative estimate of drug-likeness (QED) is 0.618. The van der Waals surface area contributed by atoms with Crippen LogP contribution in [0.5, 0.6) is 0 Å². The van der Waals surface area contributed by atoms with Crippen LogP contribution in [-0.2, 0) is 14.3 Å². The van der Waals surface area contributed by atoms with Gasteiger partial charge in [0.25, 0.3) is 11.8 Å². The average molecular weight is 397 g/mol. The largest absolute Gasteiger partial charge is 0.452 e. The molecule has 0 saturated carbocycles. The van der Waals surface area contributed by atoms with Crippen molar-refractivity contribution in [2.45, 2.75) is 25.5 Å². The smallest absolute Gasteiger partial charge is 0.321 e. The minimum Gasteiger partial charge on any atom is -0.452 e. The molecule has 0 saturated heterocycles. The third-order valence-electron chi connectivity index (χ3n) is 4.06. The summed E-state index contributed by atoms with van der Waals surface area (Å²) in [6.45, 7) is 1.36. The second kappa shape index (κ2) is 10.6. The Labute approximate surface area is 168 Å². The lowest BCUT2D eigenvalue weighted by atomic mass is 10.0. The summed E-state index contributed by atoms with van der Waals surface area (Å²) in [5.41, 5.74) is 1.18. The fourth-order valence-electron chi connectivity index (χ4n) is 2.51. The monoisotopic (exact) mass is 397 g/mol. The van der Waals surface area contributed by atoms with Gasteiger partial charge >= 0.3 is 12.0 Å². The Bertz CT molecular complexity index is 855. The van der Waals surface area contributed by atoms with E-state index in [-0.39, 0.29) is 12.3 Å². The molecule has 0 aliphatic heterocycles. The van der Waals surface area contributed by atoms with Crippen LogP contribution in [0.4, 0.5) is 4.79 Å². The highest BCUT2D eigenvalue weighted by Crippen LogP contribution is 2.18. The molecule has 3 N–H and O–H groups in total. The van der Waals surface area contributed by atoms with Gasteiger partial charge in [0.05, 0.1) is 12.5 Å². The predicted octanol–water partition coefficient (Wildman–Crippen LogP) is 1.94. The van der Waals surface area contributed by atoms with E-state index in [0.29, 0.717) is 5.56 Å². The number of imide groups is 1. The molecular weight excluding hydrogens is 374 g/mol. The molecule has 0 radical (unpaired) electrons. The number of hydrogen-bond acceptors (Lipinski definition) is 5. The van der Waals surface area contributed by atoms with E-state index in [2.05, 4.69) is 10.6 Å². The van der Waals surface area contributed by atoms with Crippen molar-refractivity contribution in [1.29, 1.82) is 0 Å². The van der Waals surface area contributed by atoms with Crippen LogP contribution in [-0.4, -0.2) is 37.0 Å². The first kappa shape index (κ1) is 21.6. The molecule has 0 aliphatic carbocycles. The van der Waals surface area contributed by atoms with E-state index in [1.54, 1.807) is 54.6 Å². The molecule has 4 amide bonds. The number of nitrogens with one attached hydrogen (secondary N) is 3. The Morgan fingerprint density at radius 1 is 0.931 bits per heavy atom. The van der Waals surface area contributed by atoms with Crippen LogP contribution in [0.1, 0.15) is 35.3 Å². The van der Waals surface area contributed by atoms with E-state index in [4.69, 9.17) is 4.74 Å². The van der Waals surface area contributed by atoms with Crippen molar-refractivity contribution in [1.82, 2.24) is 16.0 Å². The number of carbonyl (C=O) groups excluding carboxylic acids is 4. The van der Waals surface area contributed by atoms with Crippen LogP contribution in [0.3, 0.4) is 0 Å². The highest BCUT2D eigenvalue weighted by atomic mass is 16.5. The highest BCUT2D eigenvalue weighted by Gasteiger charge is 2.24. The number of ether oxygens (including phenoxy) is 1. The van der Waals surface area contributed by atoms with Gasteiger partial charge in [-0.2, -0.15) is 0 Å². The molecule has 8 heteroatoms. The van der Waals surface area contributed by atoms with Gasteiger partial charge in [-0.05, 0) is 24.6 Å². The molecule has 0 fully saturated rings. The van der Waals surface area contributed by atoms with E-state index in [9.17, 15) is 19.2 Å². The van der Waals surface area contributed by atoms with Crippen molar-refractivity contribution < 1.29 is 23.9 Å². The summed E-state index contributed by atoms with van der Waals surface area (Å²) in [7, 11) is 1.36. The fraction of sp³-hybridized carbons (Fsp3) is 0.238. The Hall–Kier alpha value is -3.68. The SMILES string of the molecule is CNC(=O)NC(=O)[C@@H](C)OC(=O)C[C@H](NC(=O)c1ccccc1)c1ccccc1. The summed E-state index contributed by atoms with van der Waals surface area (Å²) < 4.78 is 5.11. The van der Waals surface area contributed by atoms with Crippen LogP contribution in [0.15, 0.2) is 60.7 Å². The summed E-state index contributed by atoms with van der Waals surface area (Å²) in [5, 5.41) is 7.09. The molecule has 0 aromatic heterocycles. The van der Waals surface area contributed by atoms with Crippen LogP contribution in [0.25, 0.3) is 0 Å². The summed E-state index contributed by atoms with van der Waals surface area (Å²) in [6, 6.07) is 16.2. The maximum absolute atomic E-state index is 12.5. The van der Waals surface area contributed by atoms with Gasteiger partial charge in [0, 0.05) is 12.6 Å². The first-order valence-electron chi connectivity index (χ1n) is 9.03. The van der Waals surface area contributed by atoms with Crippen molar-refractivity contribution in [3.63, 3.8) is 0 Å². The topological polar surface area (TPSA) is 114 Å². The highest BCUT2D eigenvalue weighted by molar-refractivity contribution is 5.97. The van der Waals surface area contributed by atoms with Gasteiger partial charge in [-0.15, -0.1) is 0 Å². The maximum Gasteiger partial charge on any atom is 0.321 e. The van der Waals surface area contributed by atoms with Gasteiger partial charge in [-0.1, -0.05) is 48.5 Å². The Morgan fingerprint density at radius 2 is 1.52 bits per heavy atom. The first-order chi connectivity index (χ1) is 13.9. The van der Waals surface area contributed by atoms with Gasteiger partial charge < -0.3 is 15.4 Å². The average Bonchev–Trinajstić information content (AvgIpc) is 2.74. The minimum absolute atomic E-state index is 0.180. The zero-order valence-corrected chi connectivity index (χ0v) is 16.2. The van der Waals surface area contributed by atoms with Crippen LogP contribution in [0, 0.1) is 0 Å². The summed E-state index contributed by atoms with van der Waals surface area (Å²) in [5.74, 6) is -1.77. The second-order valence-electron chi connectivity index (χ2n) is 6.21. The number of urea groups is 1. The van der Waals surface area contributed by atoms with Gasteiger partial charge in [0.2, 0.25) is 0 Å². The molecule has 2 atom stereocenters. The number of benzene rings is 2. The van der Waals surface area contributed by atoms with Crippen molar-refractivity contribution in [2.75, 3.05) is 7.05 Å². The predicted molar refractivity (Wildman–Crippen MR) is 106 cm³/mol. The Kier molecular flexibility index (Phi) is 7.90. The zero-order chi connectivity index (χ0) is 21.2. The van der Waals surface area contributed by atoms with Gasteiger partial charge in [0.15, 0.2) is 6.10 Å². The molecule has 0 heterocycles. The number of esters is 1. The van der Waals surface area contributed by atoms with E-state index in [0.717, 1.165) is 5.56 Å². The van der Waals surface area contributed by atoms with Crippen LogP contribution < -0.4 is 16.0 Å². The summed E-state index contributed by atoms with van der Waals surface area (Å²) in [6.07, 6.45) is -1.35. The van der Waals surface area contributed by atoms with Crippen LogP contribution >= 0.6 is 0 Å². The molecular formula is C21H23N3O5. The molecule has 2 rings (SSSR count). The second-order valence-corrected chi connectivity index (χ2v) is 6.21. The van der Waals surface area contributed by atoms with Crippen molar-refractivity contribution >= 4 is 23.8 Å². The number of hydrogen-bond donors (Lipinski definition) is 3. The Balaban J connectivity index is 2.05. The molecule has 8 nitrogen and oxygen atoms in total. The number of amides is 4. The van der Waals surface area contributed by atoms with E-state index < -0.39 is 30.1 Å². The lowest BCUT2D eigenvalue weighted by molar-refractivity contribution is -0.154. The standard InChI is InChI=1S/C21H23N3O5/c1-14(19(26)24-21(28)22-2)29-18(25)13-17(15-9-5-3-6-10-15)23-20(27)16-11-7-4-8-12-16/h3-12,14,17H,13H2,1-2H3,(H,23,27)(H2,22,24,26,28)/t14-,17+/m1/s1. The molecule has 0 bridgehead atoms. The summed E-state index contributed by atoms with van der Waals surface area (Å²) >= 11 is 0. The van der Waals surface area contributed by atoms with Gasteiger partial charge in [-0.3, -0.25) is 19.7 Å². The molecule has 0 unspecified atom stereocenters. The van der Waals surface area contributed by atoms with Crippen molar-refractivity contribution in [3.05, 3.63) is 71.8 Å². The fourth-order valence-corrected chi connectivity index (χ4v) is 2.51. The first-order valence-corrected chi connectivity index (χ1v) is 9.03. The zero-order valence-electron chi connectivity index (χ0n) is 16.2. The van der Waals surface area contributed by atoms with E-state index in [1.807, 2.05) is 11.4 Å². The summed E-state index contributed by atoms with van der Waals surface area (Å²) in [4.78, 5) is 47.9. The molecule has 2 aromatic rings. The normalized spacial score (nSPS) is 12.2. The van der Waals surface area contributed by atoms with Crippen LogP contribution in [0.2, 0.25) is 0 Å².